The first-order valence-electron chi connectivity index (χ1n) is 6.62. The van der Waals surface area contributed by atoms with Gasteiger partial charge in [0, 0.05) is 6.04 Å². The van der Waals surface area contributed by atoms with Gasteiger partial charge in [-0.15, -0.1) is 0 Å². The second-order valence-electron chi connectivity index (χ2n) is 5.05. The molecule has 0 saturated heterocycles. The van der Waals surface area contributed by atoms with Crippen molar-refractivity contribution in [1.29, 1.82) is 0 Å². The number of aryl methyl sites for hydroxylation is 1. The molecule has 0 amide bonds. The summed E-state index contributed by atoms with van der Waals surface area (Å²) in [7, 11) is 3.79. The van der Waals surface area contributed by atoms with Crippen LogP contribution in [0.3, 0.4) is 0 Å². The van der Waals surface area contributed by atoms with Crippen molar-refractivity contribution >= 4 is 0 Å². The Morgan fingerprint density at radius 2 is 2.00 bits per heavy atom. The summed E-state index contributed by atoms with van der Waals surface area (Å²) in [5.41, 5.74) is 1.43. The predicted octanol–water partition coefficient (Wildman–Crippen LogP) is 3.02. The zero-order valence-electron chi connectivity index (χ0n) is 10.9. The minimum atomic E-state index is 0.760. The third-order valence-corrected chi connectivity index (χ3v) is 3.95. The fraction of sp³-hybridized carbons (Fsp3) is 0.600. The monoisotopic (exact) mass is 233 g/mol. The van der Waals surface area contributed by atoms with Gasteiger partial charge in [-0.2, -0.15) is 0 Å². The number of ether oxygens (including phenoxy) is 1. The van der Waals surface area contributed by atoms with Crippen LogP contribution in [0.25, 0.3) is 0 Å². The SMILES string of the molecule is CNC1CCC(CCc2ccc(OC)cc2)C1. The lowest BCUT2D eigenvalue weighted by Gasteiger charge is -2.10. The number of rotatable bonds is 5. The first-order valence-corrected chi connectivity index (χ1v) is 6.62. The molecule has 0 bridgehead atoms. The van der Waals surface area contributed by atoms with Gasteiger partial charge in [-0.05, 0) is 62.8 Å². The third kappa shape index (κ3) is 3.47. The fourth-order valence-corrected chi connectivity index (χ4v) is 2.76. The van der Waals surface area contributed by atoms with E-state index in [9.17, 15) is 0 Å². The molecule has 1 aromatic rings. The number of methoxy groups -OCH3 is 1. The van der Waals surface area contributed by atoms with E-state index in [0.29, 0.717) is 0 Å². The highest BCUT2D eigenvalue weighted by Gasteiger charge is 2.22. The van der Waals surface area contributed by atoms with Crippen molar-refractivity contribution in [2.45, 2.75) is 38.1 Å². The Bertz CT molecular complexity index is 333. The lowest BCUT2D eigenvalue weighted by Crippen LogP contribution is -2.21. The van der Waals surface area contributed by atoms with E-state index in [1.54, 1.807) is 7.11 Å². The van der Waals surface area contributed by atoms with Crippen LogP contribution in [-0.4, -0.2) is 20.2 Å². The smallest absolute Gasteiger partial charge is 0.118 e. The van der Waals surface area contributed by atoms with Gasteiger partial charge in [0.25, 0.3) is 0 Å². The summed E-state index contributed by atoms with van der Waals surface area (Å²) in [6.45, 7) is 0. The standard InChI is InChI=1S/C15H23NO/c1-16-14-8-5-13(11-14)4-3-12-6-9-15(17-2)10-7-12/h6-7,9-10,13-14,16H,3-5,8,11H2,1-2H3. The first kappa shape index (κ1) is 12.4. The molecule has 1 aliphatic carbocycles. The summed E-state index contributed by atoms with van der Waals surface area (Å²) < 4.78 is 5.17. The van der Waals surface area contributed by atoms with Crippen LogP contribution >= 0.6 is 0 Å². The van der Waals surface area contributed by atoms with Gasteiger partial charge >= 0.3 is 0 Å². The molecule has 2 rings (SSSR count). The fourth-order valence-electron chi connectivity index (χ4n) is 2.76. The van der Waals surface area contributed by atoms with Gasteiger partial charge in [-0.25, -0.2) is 0 Å². The van der Waals surface area contributed by atoms with E-state index in [1.165, 1.54) is 37.7 Å². The van der Waals surface area contributed by atoms with Gasteiger partial charge in [-0.1, -0.05) is 12.1 Å². The Kier molecular flexibility index (Phi) is 4.43. The van der Waals surface area contributed by atoms with Crippen LogP contribution in [0.5, 0.6) is 5.75 Å². The molecule has 0 heterocycles. The van der Waals surface area contributed by atoms with Crippen molar-refractivity contribution in [1.82, 2.24) is 5.32 Å². The largest absolute Gasteiger partial charge is 0.497 e. The molecule has 0 spiro atoms. The van der Waals surface area contributed by atoms with Gasteiger partial charge in [0.2, 0.25) is 0 Å². The van der Waals surface area contributed by atoms with Crippen LogP contribution in [0.4, 0.5) is 0 Å². The van der Waals surface area contributed by atoms with E-state index in [-0.39, 0.29) is 0 Å². The Balaban J connectivity index is 1.78. The number of nitrogens with one attached hydrogen (secondary N) is 1. The van der Waals surface area contributed by atoms with Gasteiger partial charge in [-0.3, -0.25) is 0 Å². The normalized spacial score (nSPS) is 23.9. The highest BCUT2D eigenvalue weighted by Crippen LogP contribution is 2.29. The predicted molar refractivity (Wildman–Crippen MR) is 71.5 cm³/mol. The van der Waals surface area contributed by atoms with Gasteiger partial charge in [0.1, 0.15) is 5.75 Å². The topological polar surface area (TPSA) is 21.3 Å². The Labute approximate surface area is 104 Å². The molecular weight excluding hydrogens is 210 g/mol. The number of benzene rings is 1. The van der Waals surface area contributed by atoms with Crippen LogP contribution in [0.15, 0.2) is 24.3 Å². The lowest BCUT2D eigenvalue weighted by atomic mass is 9.98. The molecule has 2 atom stereocenters. The molecular formula is C15H23NO. The van der Waals surface area contributed by atoms with E-state index >= 15 is 0 Å². The van der Waals surface area contributed by atoms with Crippen molar-refractivity contribution in [3.05, 3.63) is 29.8 Å². The maximum Gasteiger partial charge on any atom is 0.118 e. The summed E-state index contributed by atoms with van der Waals surface area (Å²) in [5, 5.41) is 3.39. The van der Waals surface area contributed by atoms with E-state index < -0.39 is 0 Å². The zero-order chi connectivity index (χ0) is 12.1. The maximum absolute atomic E-state index is 5.17. The molecule has 17 heavy (non-hydrogen) atoms. The molecule has 1 aliphatic rings. The molecule has 0 aliphatic heterocycles. The van der Waals surface area contributed by atoms with Crippen LogP contribution in [0.2, 0.25) is 0 Å². The second-order valence-corrected chi connectivity index (χ2v) is 5.05. The average Bonchev–Trinajstić information content (AvgIpc) is 2.85. The van der Waals surface area contributed by atoms with E-state index in [2.05, 4.69) is 36.6 Å². The second kappa shape index (κ2) is 6.06. The molecule has 1 aromatic carbocycles. The summed E-state index contributed by atoms with van der Waals surface area (Å²) in [5.74, 6) is 1.86. The average molecular weight is 233 g/mol. The molecule has 2 nitrogen and oxygen atoms in total. The molecule has 1 saturated carbocycles. The van der Waals surface area contributed by atoms with Crippen molar-refractivity contribution in [3.63, 3.8) is 0 Å². The van der Waals surface area contributed by atoms with E-state index in [4.69, 9.17) is 4.74 Å². The Morgan fingerprint density at radius 1 is 1.24 bits per heavy atom. The number of hydrogen-bond donors (Lipinski definition) is 1. The quantitative estimate of drug-likeness (QED) is 0.844. The molecule has 94 valence electrons. The Hall–Kier alpha value is -1.02. The van der Waals surface area contributed by atoms with Crippen molar-refractivity contribution in [3.8, 4) is 5.75 Å². The highest BCUT2D eigenvalue weighted by atomic mass is 16.5. The van der Waals surface area contributed by atoms with Gasteiger partial charge < -0.3 is 10.1 Å². The minimum Gasteiger partial charge on any atom is -0.497 e. The van der Waals surface area contributed by atoms with Gasteiger partial charge in [0.15, 0.2) is 0 Å². The van der Waals surface area contributed by atoms with Crippen molar-refractivity contribution < 1.29 is 4.74 Å². The maximum atomic E-state index is 5.17. The summed E-state index contributed by atoms with van der Waals surface area (Å²) in [6, 6.07) is 9.24. The molecule has 1 N–H and O–H groups in total. The van der Waals surface area contributed by atoms with E-state index in [0.717, 1.165) is 17.7 Å². The van der Waals surface area contributed by atoms with E-state index in [1.807, 2.05) is 0 Å². The summed E-state index contributed by atoms with van der Waals surface area (Å²) in [4.78, 5) is 0. The number of hydrogen-bond acceptors (Lipinski definition) is 2. The molecule has 1 fully saturated rings. The van der Waals surface area contributed by atoms with Crippen molar-refractivity contribution in [2.75, 3.05) is 14.2 Å². The minimum absolute atomic E-state index is 0.760. The van der Waals surface area contributed by atoms with Crippen LogP contribution in [0.1, 0.15) is 31.2 Å². The highest BCUT2D eigenvalue weighted by molar-refractivity contribution is 5.27. The lowest BCUT2D eigenvalue weighted by molar-refractivity contribution is 0.414. The summed E-state index contributed by atoms with van der Waals surface area (Å²) in [6.07, 6.45) is 6.62. The molecule has 2 unspecified atom stereocenters. The Morgan fingerprint density at radius 3 is 2.59 bits per heavy atom. The molecule has 0 radical (unpaired) electrons. The first-order chi connectivity index (χ1) is 8.31. The molecule has 2 heteroatoms. The van der Waals surface area contributed by atoms with Gasteiger partial charge in [0.05, 0.1) is 7.11 Å². The van der Waals surface area contributed by atoms with Crippen LogP contribution in [0, 0.1) is 5.92 Å². The van der Waals surface area contributed by atoms with Crippen LogP contribution < -0.4 is 10.1 Å². The zero-order valence-corrected chi connectivity index (χ0v) is 10.9. The third-order valence-electron chi connectivity index (χ3n) is 3.95. The summed E-state index contributed by atoms with van der Waals surface area (Å²) >= 11 is 0. The van der Waals surface area contributed by atoms with Crippen molar-refractivity contribution in [2.24, 2.45) is 5.92 Å². The van der Waals surface area contributed by atoms with Crippen LogP contribution in [-0.2, 0) is 6.42 Å². The molecule has 0 aromatic heterocycles.